The number of piperidine rings is 1. The number of rotatable bonds is 6. The molecule has 21 heavy (non-hydrogen) atoms. The summed E-state index contributed by atoms with van der Waals surface area (Å²) in [5.41, 5.74) is 0. The van der Waals surface area contributed by atoms with Gasteiger partial charge in [0.1, 0.15) is 4.90 Å². The lowest BCUT2D eigenvalue weighted by Crippen LogP contribution is -2.33. The van der Waals surface area contributed by atoms with E-state index in [1.165, 1.54) is 6.07 Å². The Balaban J connectivity index is 1.90. The van der Waals surface area contributed by atoms with Gasteiger partial charge in [-0.25, -0.2) is 13.1 Å². The number of pyridine rings is 1. The second-order valence-corrected chi connectivity index (χ2v) is 6.77. The van der Waals surface area contributed by atoms with Crippen molar-refractivity contribution in [2.75, 3.05) is 19.6 Å². The Morgan fingerprint density at radius 2 is 2.29 bits per heavy atom. The fraction of sp³-hybridized carbons (Fsp3) is 0.583. The van der Waals surface area contributed by atoms with Gasteiger partial charge in [0, 0.05) is 12.6 Å². The van der Waals surface area contributed by atoms with E-state index in [2.05, 4.69) is 15.0 Å². The summed E-state index contributed by atoms with van der Waals surface area (Å²) < 4.78 is 26.5. The monoisotopic (exact) mass is 314 g/mol. The van der Waals surface area contributed by atoms with Crippen LogP contribution in [0.15, 0.2) is 23.2 Å². The van der Waals surface area contributed by atoms with E-state index in [-0.39, 0.29) is 10.7 Å². The van der Waals surface area contributed by atoms with Crippen LogP contribution < -0.4 is 10.0 Å². The van der Waals surface area contributed by atoms with Gasteiger partial charge in [-0.1, -0.05) is 0 Å². The molecule has 2 rings (SSSR count). The Hall–Kier alpha value is -1.58. The summed E-state index contributed by atoms with van der Waals surface area (Å²) in [5.74, 6) is 0.110. The summed E-state index contributed by atoms with van der Waals surface area (Å²) in [4.78, 5) is 13.3. The van der Waals surface area contributed by atoms with E-state index in [4.69, 9.17) is 0 Å². The number of nitrogens with one attached hydrogen (secondary N) is 2. The van der Waals surface area contributed by atoms with Gasteiger partial charge in [-0.2, -0.15) is 0 Å². The predicted molar refractivity (Wildman–Crippen MR) is 76.3 cm³/mol. The first kappa shape index (κ1) is 15.8. The van der Waals surface area contributed by atoms with E-state index in [1.807, 2.05) is 0 Å². The minimum absolute atomic E-state index is 0.0603. The molecule has 0 bridgehead atoms. The molecule has 1 aliphatic rings. The molecule has 0 saturated carbocycles. The van der Waals surface area contributed by atoms with Gasteiger partial charge in [-0.15, -0.1) is 0 Å². The number of nitro groups is 1. The van der Waals surface area contributed by atoms with Crippen molar-refractivity contribution < 1.29 is 13.3 Å². The van der Waals surface area contributed by atoms with Crippen LogP contribution in [0, 0.1) is 16.0 Å². The Morgan fingerprint density at radius 1 is 1.48 bits per heavy atom. The summed E-state index contributed by atoms with van der Waals surface area (Å²) in [7, 11) is -3.66. The SMILES string of the molecule is O=[N+]([O-])c1ccc(S(=O)(=O)NCCC2CCCNC2)cn1. The first-order valence-electron chi connectivity index (χ1n) is 6.80. The third-order valence-corrected chi connectivity index (χ3v) is 4.91. The standard InChI is InChI=1S/C12H18N4O4S/c17-16(18)12-4-3-11(9-14-12)21(19,20)15-7-5-10-2-1-6-13-8-10/h3-4,9-10,13,15H,1-2,5-8H2. The summed E-state index contributed by atoms with van der Waals surface area (Å²) >= 11 is 0. The molecule has 1 aromatic rings. The molecule has 1 fully saturated rings. The summed E-state index contributed by atoms with van der Waals surface area (Å²) in [6.07, 6.45) is 3.99. The van der Waals surface area contributed by atoms with Gasteiger partial charge in [-0.05, 0) is 54.2 Å². The highest BCUT2D eigenvalue weighted by Gasteiger charge is 2.19. The molecule has 1 atom stereocenters. The van der Waals surface area contributed by atoms with Crippen molar-refractivity contribution in [3.63, 3.8) is 0 Å². The zero-order valence-corrected chi connectivity index (χ0v) is 12.3. The summed E-state index contributed by atoms with van der Waals surface area (Å²) in [6, 6.07) is 2.27. The van der Waals surface area contributed by atoms with E-state index < -0.39 is 14.9 Å². The maximum Gasteiger partial charge on any atom is 0.363 e. The summed E-state index contributed by atoms with van der Waals surface area (Å²) in [6.45, 7) is 2.29. The van der Waals surface area contributed by atoms with E-state index in [0.29, 0.717) is 12.5 Å². The highest BCUT2D eigenvalue weighted by molar-refractivity contribution is 7.89. The Kier molecular flexibility index (Phi) is 5.21. The molecular formula is C12H18N4O4S. The maximum atomic E-state index is 12.0. The van der Waals surface area contributed by atoms with E-state index in [0.717, 1.165) is 44.6 Å². The molecule has 0 spiro atoms. The average molecular weight is 314 g/mol. The zero-order chi connectivity index (χ0) is 15.3. The van der Waals surface area contributed by atoms with Gasteiger partial charge < -0.3 is 15.4 Å². The molecule has 116 valence electrons. The fourth-order valence-electron chi connectivity index (χ4n) is 2.29. The molecule has 8 nitrogen and oxygen atoms in total. The van der Waals surface area contributed by atoms with Crippen molar-refractivity contribution in [1.82, 2.24) is 15.0 Å². The molecule has 2 N–H and O–H groups in total. The van der Waals surface area contributed by atoms with Crippen LogP contribution in [0.4, 0.5) is 5.82 Å². The number of aromatic nitrogens is 1. The fourth-order valence-corrected chi connectivity index (χ4v) is 3.28. The normalized spacial score (nSPS) is 19.3. The first-order valence-corrected chi connectivity index (χ1v) is 8.28. The van der Waals surface area contributed by atoms with Crippen molar-refractivity contribution in [2.24, 2.45) is 5.92 Å². The van der Waals surface area contributed by atoms with Crippen LogP contribution in [0.1, 0.15) is 19.3 Å². The van der Waals surface area contributed by atoms with Crippen molar-refractivity contribution in [3.05, 3.63) is 28.4 Å². The molecule has 1 aromatic heterocycles. The van der Waals surface area contributed by atoms with Crippen molar-refractivity contribution >= 4 is 15.8 Å². The van der Waals surface area contributed by atoms with Gasteiger partial charge in [0.15, 0.2) is 6.20 Å². The van der Waals surface area contributed by atoms with Crippen LogP contribution >= 0.6 is 0 Å². The Morgan fingerprint density at radius 3 is 2.86 bits per heavy atom. The highest BCUT2D eigenvalue weighted by Crippen LogP contribution is 2.15. The molecular weight excluding hydrogens is 296 g/mol. The molecule has 0 amide bonds. The van der Waals surface area contributed by atoms with Gasteiger partial charge in [-0.3, -0.25) is 0 Å². The van der Waals surface area contributed by atoms with Crippen molar-refractivity contribution in [2.45, 2.75) is 24.2 Å². The van der Waals surface area contributed by atoms with E-state index in [9.17, 15) is 18.5 Å². The van der Waals surface area contributed by atoms with Crippen molar-refractivity contribution in [1.29, 1.82) is 0 Å². The van der Waals surface area contributed by atoms with E-state index >= 15 is 0 Å². The lowest BCUT2D eigenvalue weighted by Gasteiger charge is -2.22. The maximum absolute atomic E-state index is 12.0. The lowest BCUT2D eigenvalue weighted by molar-refractivity contribution is -0.389. The lowest BCUT2D eigenvalue weighted by atomic mass is 9.96. The molecule has 0 radical (unpaired) electrons. The van der Waals surface area contributed by atoms with Crippen LogP contribution in [0.2, 0.25) is 0 Å². The minimum atomic E-state index is -3.66. The third-order valence-electron chi connectivity index (χ3n) is 3.46. The van der Waals surface area contributed by atoms with Gasteiger partial charge in [0.05, 0.1) is 0 Å². The Labute approximate surface area is 123 Å². The molecule has 2 heterocycles. The zero-order valence-electron chi connectivity index (χ0n) is 11.5. The van der Waals surface area contributed by atoms with E-state index in [1.54, 1.807) is 0 Å². The van der Waals surface area contributed by atoms with Gasteiger partial charge in [0.2, 0.25) is 10.0 Å². The first-order chi connectivity index (χ1) is 9.99. The topological polar surface area (TPSA) is 114 Å². The minimum Gasteiger partial charge on any atom is -0.358 e. The predicted octanol–water partition coefficient (Wildman–Crippen LogP) is 0.658. The van der Waals surface area contributed by atoms with Crippen molar-refractivity contribution in [3.8, 4) is 0 Å². The van der Waals surface area contributed by atoms with Crippen LogP contribution in [0.3, 0.4) is 0 Å². The summed E-state index contributed by atoms with van der Waals surface area (Å²) in [5, 5.41) is 13.8. The molecule has 9 heteroatoms. The van der Waals surface area contributed by atoms with Gasteiger partial charge >= 0.3 is 5.82 Å². The average Bonchev–Trinajstić information content (AvgIpc) is 2.48. The smallest absolute Gasteiger partial charge is 0.358 e. The number of sulfonamides is 1. The van der Waals surface area contributed by atoms with Crippen LogP contribution in [0.5, 0.6) is 0 Å². The third kappa shape index (κ3) is 4.45. The number of hydrogen-bond acceptors (Lipinski definition) is 6. The molecule has 1 saturated heterocycles. The second-order valence-electron chi connectivity index (χ2n) is 5.01. The van der Waals surface area contributed by atoms with Gasteiger partial charge in [0.25, 0.3) is 0 Å². The highest BCUT2D eigenvalue weighted by atomic mass is 32.2. The molecule has 1 aliphatic heterocycles. The van der Waals surface area contributed by atoms with Crippen LogP contribution in [0.25, 0.3) is 0 Å². The quantitative estimate of drug-likeness (QED) is 0.589. The van der Waals surface area contributed by atoms with Crippen LogP contribution in [-0.4, -0.2) is 38.0 Å². The van der Waals surface area contributed by atoms with Crippen LogP contribution in [-0.2, 0) is 10.0 Å². The largest absolute Gasteiger partial charge is 0.363 e. The number of hydrogen-bond donors (Lipinski definition) is 2. The second kappa shape index (κ2) is 6.92. The molecule has 0 aromatic carbocycles. The Bertz CT molecular complexity index is 582. The number of nitrogens with zero attached hydrogens (tertiary/aromatic N) is 2. The molecule has 1 unspecified atom stereocenters. The molecule has 0 aliphatic carbocycles.